The molecule has 0 aliphatic carbocycles. The van der Waals surface area contributed by atoms with E-state index in [1.165, 1.54) is 6.07 Å². The fourth-order valence-corrected chi connectivity index (χ4v) is 2.19. The molecule has 112 valence electrons. The van der Waals surface area contributed by atoms with Crippen LogP contribution in [0.4, 0.5) is 5.69 Å². The molecule has 1 aromatic carbocycles. The average molecular weight is 315 g/mol. The molecule has 1 atom stereocenters. The minimum atomic E-state index is -1.58. The van der Waals surface area contributed by atoms with Gasteiger partial charge in [-0.3, -0.25) is 14.9 Å². The van der Waals surface area contributed by atoms with E-state index in [1.807, 2.05) is 0 Å². The van der Waals surface area contributed by atoms with E-state index in [-0.39, 0.29) is 30.2 Å². The molecule has 1 unspecified atom stereocenters. The molecule has 0 spiro atoms. The highest BCUT2D eigenvalue weighted by molar-refractivity contribution is 6.31. The molecule has 1 fully saturated rings. The first kappa shape index (κ1) is 15.2. The Hall–Kier alpha value is -2.19. The molecule has 1 aliphatic rings. The molecule has 1 heterocycles. The highest BCUT2D eigenvalue weighted by Crippen LogP contribution is 2.25. The third-order valence-corrected chi connectivity index (χ3v) is 3.42. The first-order chi connectivity index (χ1) is 9.85. The predicted molar refractivity (Wildman–Crippen MR) is 71.4 cm³/mol. The number of nitro benzene ring substituents is 1. The lowest BCUT2D eigenvalue weighted by molar-refractivity contribution is -0.385. The second-order valence-corrected chi connectivity index (χ2v) is 5.00. The van der Waals surface area contributed by atoms with Crippen molar-refractivity contribution in [3.63, 3.8) is 0 Å². The van der Waals surface area contributed by atoms with Crippen molar-refractivity contribution in [1.82, 2.24) is 5.32 Å². The molecule has 2 rings (SSSR count). The Bertz CT molecular complexity index is 612. The fourth-order valence-electron chi connectivity index (χ4n) is 2.02. The number of nitrogens with one attached hydrogen (secondary N) is 1. The van der Waals surface area contributed by atoms with Crippen molar-refractivity contribution in [1.29, 1.82) is 0 Å². The van der Waals surface area contributed by atoms with Crippen LogP contribution in [0.1, 0.15) is 16.8 Å². The number of carboxylic acids is 1. The highest BCUT2D eigenvalue weighted by Gasteiger charge is 2.44. The molecule has 0 saturated carbocycles. The summed E-state index contributed by atoms with van der Waals surface area (Å²) in [5.41, 5.74) is -2.32. The second kappa shape index (κ2) is 5.66. The van der Waals surface area contributed by atoms with Gasteiger partial charge in [0.05, 0.1) is 11.5 Å². The van der Waals surface area contributed by atoms with Crippen LogP contribution in [0.3, 0.4) is 0 Å². The third-order valence-electron chi connectivity index (χ3n) is 3.18. The summed E-state index contributed by atoms with van der Waals surface area (Å²) in [6.45, 7) is -0.00729. The Morgan fingerprint density at radius 1 is 1.48 bits per heavy atom. The van der Waals surface area contributed by atoms with E-state index in [0.717, 1.165) is 12.1 Å². The van der Waals surface area contributed by atoms with E-state index in [2.05, 4.69) is 5.32 Å². The van der Waals surface area contributed by atoms with Crippen molar-refractivity contribution in [3.8, 4) is 0 Å². The number of carbonyl (C=O) groups excluding carboxylic acids is 1. The molecule has 1 saturated heterocycles. The van der Waals surface area contributed by atoms with Gasteiger partial charge in [0.15, 0.2) is 5.54 Å². The first-order valence-electron chi connectivity index (χ1n) is 5.93. The summed E-state index contributed by atoms with van der Waals surface area (Å²) < 4.78 is 5.00. The van der Waals surface area contributed by atoms with Gasteiger partial charge in [-0.25, -0.2) is 4.79 Å². The number of nitro groups is 1. The van der Waals surface area contributed by atoms with Crippen LogP contribution in [0, 0.1) is 10.1 Å². The number of carbonyl (C=O) groups is 2. The number of rotatable bonds is 4. The summed E-state index contributed by atoms with van der Waals surface area (Å²) in [5, 5.41) is 22.6. The Kier molecular flexibility index (Phi) is 4.10. The Morgan fingerprint density at radius 2 is 2.19 bits per heavy atom. The lowest BCUT2D eigenvalue weighted by Crippen LogP contribution is -2.55. The maximum Gasteiger partial charge on any atom is 0.331 e. The summed E-state index contributed by atoms with van der Waals surface area (Å²) in [5.74, 6) is -2.13. The molecule has 0 aromatic heterocycles. The van der Waals surface area contributed by atoms with Crippen LogP contribution in [0.15, 0.2) is 18.2 Å². The van der Waals surface area contributed by atoms with E-state index in [4.69, 9.17) is 16.3 Å². The van der Waals surface area contributed by atoms with Gasteiger partial charge in [0.25, 0.3) is 11.6 Å². The number of ether oxygens (including phenoxy) is 1. The molecule has 8 nitrogen and oxygen atoms in total. The molecular formula is C12H11ClN2O6. The number of aliphatic carboxylic acids is 1. The molecule has 0 bridgehead atoms. The van der Waals surface area contributed by atoms with Gasteiger partial charge in [0.2, 0.25) is 0 Å². The van der Waals surface area contributed by atoms with Crippen molar-refractivity contribution in [2.45, 2.75) is 12.0 Å². The predicted octanol–water partition coefficient (Wildman–Crippen LogP) is 1.22. The second-order valence-electron chi connectivity index (χ2n) is 4.56. The fraction of sp³-hybridized carbons (Fsp3) is 0.333. The summed E-state index contributed by atoms with van der Waals surface area (Å²) in [4.78, 5) is 33.7. The van der Waals surface area contributed by atoms with Gasteiger partial charge in [-0.05, 0) is 12.1 Å². The number of hydrogen-bond donors (Lipinski definition) is 2. The number of halogens is 1. The monoisotopic (exact) mass is 314 g/mol. The van der Waals surface area contributed by atoms with E-state index >= 15 is 0 Å². The van der Waals surface area contributed by atoms with Gasteiger partial charge in [-0.1, -0.05) is 11.6 Å². The van der Waals surface area contributed by atoms with Crippen molar-refractivity contribution < 1.29 is 24.4 Å². The van der Waals surface area contributed by atoms with Gasteiger partial charge < -0.3 is 15.2 Å². The summed E-state index contributed by atoms with van der Waals surface area (Å²) >= 11 is 5.74. The summed E-state index contributed by atoms with van der Waals surface area (Å²) in [6, 6.07) is 3.50. The highest BCUT2D eigenvalue weighted by atomic mass is 35.5. The van der Waals surface area contributed by atoms with E-state index in [1.54, 1.807) is 0 Å². The molecular weight excluding hydrogens is 304 g/mol. The van der Waals surface area contributed by atoms with Gasteiger partial charge in [0, 0.05) is 24.1 Å². The van der Waals surface area contributed by atoms with Crippen LogP contribution in [0.25, 0.3) is 0 Å². The number of nitrogens with zero attached hydrogens (tertiary/aromatic N) is 1. The Morgan fingerprint density at radius 3 is 2.71 bits per heavy atom. The normalized spacial score (nSPS) is 21.0. The molecule has 2 N–H and O–H groups in total. The number of hydrogen-bond acceptors (Lipinski definition) is 5. The van der Waals surface area contributed by atoms with Crippen molar-refractivity contribution in [2.75, 3.05) is 13.2 Å². The third kappa shape index (κ3) is 2.96. The lowest BCUT2D eigenvalue weighted by atomic mass is 9.98. The number of benzene rings is 1. The quantitative estimate of drug-likeness (QED) is 0.637. The van der Waals surface area contributed by atoms with Crippen LogP contribution in [-0.2, 0) is 9.53 Å². The van der Waals surface area contributed by atoms with E-state index in [9.17, 15) is 24.8 Å². The smallest absolute Gasteiger partial charge is 0.331 e. The Labute approximate surface area is 123 Å². The maximum absolute atomic E-state index is 12.2. The molecule has 1 amide bonds. The summed E-state index contributed by atoms with van der Waals surface area (Å²) in [6.07, 6.45) is 0.0858. The van der Waals surface area contributed by atoms with E-state index in [0.29, 0.717) is 0 Å². The van der Waals surface area contributed by atoms with Crippen LogP contribution in [0.5, 0.6) is 0 Å². The SMILES string of the molecule is O=C(NC1(C(=O)O)CCOC1)c1cc(Cl)ccc1[N+](=O)[O-]. The molecule has 21 heavy (non-hydrogen) atoms. The van der Waals surface area contributed by atoms with Gasteiger partial charge in [-0.15, -0.1) is 0 Å². The van der Waals surface area contributed by atoms with Crippen LogP contribution in [-0.4, -0.2) is 40.7 Å². The minimum absolute atomic E-state index is 0.0858. The molecule has 0 radical (unpaired) electrons. The topological polar surface area (TPSA) is 119 Å². The van der Waals surface area contributed by atoms with Crippen LogP contribution in [0.2, 0.25) is 5.02 Å². The summed E-state index contributed by atoms with van der Waals surface area (Å²) in [7, 11) is 0. The van der Waals surface area contributed by atoms with Crippen LogP contribution >= 0.6 is 11.6 Å². The molecule has 1 aliphatic heterocycles. The lowest BCUT2D eigenvalue weighted by Gasteiger charge is -2.23. The van der Waals surface area contributed by atoms with Crippen molar-refractivity contribution >= 4 is 29.2 Å². The molecule has 1 aromatic rings. The Balaban J connectivity index is 2.34. The molecule has 9 heteroatoms. The number of amides is 1. The van der Waals surface area contributed by atoms with Crippen LogP contribution < -0.4 is 5.32 Å². The standard InChI is InChI=1S/C12H11ClN2O6/c13-7-1-2-9(15(19)20)8(5-7)10(16)14-12(11(17)18)3-4-21-6-12/h1-2,5H,3-4,6H2,(H,14,16)(H,17,18). The van der Waals surface area contributed by atoms with Crippen molar-refractivity contribution in [2.24, 2.45) is 0 Å². The van der Waals surface area contributed by atoms with Crippen molar-refractivity contribution in [3.05, 3.63) is 38.9 Å². The number of carboxylic acid groups (broad SMARTS) is 1. The minimum Gasteiger partial charge on any atom is -0.479 e. The zero-order valence-corrected chi connectivity index (χ0v) is 11.4. The van der Waals surface area contributed by atoms with Gasteiger partial charge in [0.1, 0.15) is 5.56 Å². The largest absolute Gasteiger partial charge is 0.479 e. The zero-order valence-electron chi connectivity index (χ0n) is 10.7. The maximum atomic E-state index is 12.2. The zero-order chi connectivity index (χ0) is 15.6. The first-order valence-corrected chi connectivity index (χ1v) is 6.31. The average Bonchev–Trinajstić information content (AvgIpc) is 2.88. The van der Waals surface area contributed by atoms with Gasteiger partial charge in [-0.2, -0.15) is 0 Å². The van der Waals surface area contributed by atoms with Gasteiger partial charge >= 0.3 is 5.97 Å². The van der Waals surface area contributed by atoms with E-state index < -0.39 is 28.0 Å².